The van der Waals surface area contributed by atoms with Gasteiger partial charge in [-0.2, -0.15) is 0 Å². The Morgan fingerprint density at radius 1 is 1.22 bits per heavy atom. The highest BCUT2D eigenvalue weighted by Crippen LogP contribution is 2.22. The molecule has 2 heteroatoms. The van der Waals surface area contributed by atoms with Gasteiger partial charge in [0.05, 0.1) is 0 Å². The van der Waals surface area contributed by atoms with Crippen LogP contribution in [0.1, 0.15) is 32.1 Å². The van der Waals surface area contributed by atoms with E-state index in [4.69, 9.17) is 11.8 Å². The molecular formula is C7H14ClN. The Morgan fingerprint density at radius 2 is 1.89 bits per heavy atom. The number of rotatable bonds is 2. The number of halogens is 1. The first-order valence-electron chi connectivity index (χ1n) is 3.77. The van der Waals surface area contributed by atoms with Gasteiger partial charge >= 0.3 is 0 Å². The highest BCUT2D eigenvalue weighted by Gasteiger charge is 2.11. The number of hydrogen-bond acceptors (Lipinski definition) is 1. The zero-order chi connectivity index (χ0) is 6.53. The molecule has 0 atom stereocenters. The first kappa shape index (κ1) is 7.36. The summed E-state index contributed by atoms with van der Waals surface area (Å²) in [4.78, 5) is 2.71. The molecule has 9 heavy (non-hydrogen) atoms. The van der Waals surface area contributed by atoms with E-state index in [0.29, 0.717) is 0 Å². The molecule has 0 bridgehead atoms. The zero-order valence-corrected chi connectivity index (χ0v) is 6.45. The summed E-state index contributed by atoms with van der Waals surface area (Å²) < 4.78 is 0. The molecule has 0 amide bonds. The van der Waals surface area contributed by atoms with Crippen LogP contribution < -0.4 is 4.84 Å². The summed E-state index contributed by atoms with van der Waals surface area (Å²) >= 11 is 5.38. The maximum atomic E-state index is 5.38. The minimum Gasteiger partial charge on any atom is -0.233 e. The second-order valence-electron chi connectivity index (χ2n) is 2.84. The van der Waals surface area contributed by atoms with Crippen LogP contribution in [0.15, 0.2) is 0 Å². The van der Waals surface area contributed by atoms with E-state index < -0.39 is 0 Å². The quantitative estimate of drug-likeness (QED) is 0.592. The van der Waals surface area contributed by atoms with Crippen molar-refractivity contribution >= 4 is 11.8 Å². The van der Waals surface area contributed by atoms with Gasteiger partial charge in [0.2, 0.25) is 0 Å². The molecule has 0 aromatic heterocycles. The van der Waals surface area contributed by atoms with E-state index in [0.717, 1.165) is 12.5 Å². The van der Waals surface area contributed by atoms with E-state index in [1.54, 1.807) is 0 Å². The summed E-state index contributed by atoms with van der Waals surface area (Å²) in [6.07, 6.45) is 6.99. The standard InChI is InChI=1S/C7H14ClN/c8-9-6-7-4-2-1-3-5-7/h7,9H,1-6H2. The minimum absolute atomic E-state index is 0.858. The van der Waals surface area contributed by atoms with Gasteiger partial charge in [-0.3, -0.25) is 0 Å². The maximum Gasteiger partial charge on any atom is 0.0136 e. The Morgan fingerprint density at radius 3 is 2.44 bits per heavy atom. The molecule has 1 rings (SSSR count). The predicted octanol–water partition coefficient (Wildman–Crippen LogP) is 2.31. The molecule has 0 aromatic rings. The molecule has 0 radical (unpaired) electrons. The molecule has 1 aliphatic carbocycles. The smallest absolute Gasteiger partial charge is 0.0136 e. The second-order valence-corrected chi connectivity index (χ2v) is 3.11. The summed E-state index contributed by atoms with van der Waals surface area (Å²) in [6.45, 7) is 1.00. The Balaban J connectivity index is 2.08. The van der Waals surface area contributed by atoms with E-state index in [2.05, 4.69) is 4.84 Å². The summed E-state index contributed by atoms with van der Waals surface area (Å²) in [6, 6.07) is 0. The topological polar surface area (TPSA) is 12.0 Å². The van der Waals surface area contributed by atoms with E-state index in [9.17, 15) is 0 Å². The first-order chi connectivity index (χ1) is 4.43. The number of nitrogens with one attached hydrogen (secondary N) is 1. The Bertz CT molecular complexity index is 66.6. The van der Waals surface area contributed by atoms with E-state index in [1.807, 2.05) is 0 Å². The van der Waals surface area contributed by atoms with Gasteiger partial charge in [0.15, 0.2) is 0 Å². The fourth-order valence-corrected chi connectivity index (χ4v) is 1.72. The van der Waals surface area contributed by atoms with Crippen molar-refractivity contribution in [3.63, 3.8) is 0 Å². The molecule has 1 saturated carbocycles. The monoisotopic (exact) mass is 147 g/mol. The van der Waals surface area contributed by atoms with Gasteiger partial charge in [-0.25, -0.2) is 4.84 Å². The molecule has 1 fully saturated rings. The van der Waals surface area contributed by atoms with Crippen molar-refractivity contribution in [2.45, 2.75) is 32.1 Å². The summed E-state index contributed by atoms with van der Waals surface area (Å²) in [5.41, 5.74) is 0. The SMILES string of the molecule is ClNCC1CCCCC1. The summed E-state index contributed by atoms with van der Waals surface area (Å²) in [5.74, 6) is 0.858. The third-order valence-electron chi connectivity index (χ3n) is 2.09. The van der Waals surface area contributed by atoms with Gasteiger partial charge in [0.1, 0.15) is 0 Å². The Hall–Kier alpha value is 0.250. The molecule has 0 spiro atoms. The fourth-order valence-electron chi connectivity index (χ4n) is 1.50. The lowest BCUT2D eigenvalue weighted by atomic mass is 9.90. The van der Waals surface area contributed by atoms with Crippen LogP contribution in [0, 0.1) is 5.92 Å². The van der Waals surface area contributed by atoms with Crippen molar-refractivity contribution in [2.24, 2.45) is 5.92 Å². The average Bonchev–Trinajstić information content (AvgIpc) is 1.91. The van der Waals surface area contributed by atoms with Gasteiger partial charge < -0.3 is 0 Å². The molecule has 0 aliphatic heterocycles. The van der Waals surface area contributed by atoms with Crippen molar-refractivity contribution < 1.29 is 0 Å². The van der Waals surface area contributed by atoms with E-state index in [-0.39, 0.29) is 0 Å². The highest BCUT2D eigenvalue weighted by molar-refractivity contribution is 6.13. The molecule has 0 aromatic carbocycles. The zero-order valence-electron chi connectivity index (χ0n) is 5.70. The highest BCUT2D eigenvalue weighted by atomic mass is 35.5. The minimum atomic E-state index is 0.858. The predicted molar refractivity (Wildman–Crippen MR) is 40.4 cm³/mol. The van der Waals surface area contributed by atoms with Crippen LogP contribution in [0.2, 0.25) is 0 Å². The summed E-state index contributed by atoms with van der Waals surface area (Å²) in [5, 5.41) is 0. The molecule has 0 heterocycles. The van der Waals surface area contributed by atoms with Crippen LogP contribution in [0.3, 0.4) is 0 Å². The molecule has 0 unspecified atom stereocenters. The third kappa shape index (κ3) is 2.55. The van der Waals surface area contributed by atoms with Crippen LogP contribution >= 0.6 is 11.8 Å². The summed E-state index contributed by atoms with van der Waals surface area (Å²) in [7, 11) is 0. The second kappa shape index (κ2) is 4.13. The van der Waals surface area contributed by atoms with Gasteiger partial charge in [0, 0.05) is 6.54 Å². The fraction of sp³-hybridized carbons (Fsp3) is 1.00. The van der Waals surface area contributed by atoms with Crippen molar-refractivity contribution in [1.82, 2.24) is 4.84 Å². The van der Waals surface area contributed by atoms with Crippen molar-refractivity contribution in [3.05, 3.63) is 0 Å². The van der Waals surface area contributed by atoms with Crippen LogP contribution in [0.25, 0.3) is 0 Å². The van der Waals surface area contributed by atoms with Crippen molar-refractivity contribution in [2.75, 3.05) is 6.54 Å². The lowest BCUT2D eigenvalue weighted by molar-refractivity contribution is 0.359. The van der Waals surface area contributed by atoms with Gasteiger partial charge in [-0.15, -0.1) is 0 Å². The number of hydrogen-bond donors (Lipinski definition) is 1. The molecule has 1 nitrogen and oxygen atoms in total. The van der Waals surface area contributed by atoms with E-state index >= 15 is 0 Å². The molecule has 1 aliphatic rings. The lowest BCUT2D eigenvalue weighted by Gasteiger charge is -2.19. The Kier molecular flexibility index (Phi) is 3.37. The van der Waals surface area contributed by atoms with Crippen LogP contribution in [0.5, 0.6) is 0 Å². The van der Waals surface area contributed by atoms with Gasteiger partial charge in [-0.05, 0) is 30.5 Å². The maximum absolute atomic E-state index is 5.38. The molecule has 0 saturated heterocycles. The van der Waals surface area contributed by atoms with Gasteiger partial charge in [0.25, 0.3) is 0 Å². The van der Waals surface area contributed by atoms with Crippen molar-refractivity contribution in [1.29, 1.82) is 0 Å². The first-order valence-corrected chi connectivity index (χ1v) is 4.15. The van der Waals surface area contributed by atoms with Crippen LogP contribution in [-0.2, 0) is 0 Å². The Labute approximate surface area is 61.9 Å². The van der Waals surface area contributed by atoms with E-state index in [1.165, 1.54) is 32.1 Å². The molecule has 54 valence electrons. The third-order valence-corrected chi connectivity index (χ3v) is 2.24. The normalized spacial score (nSPS) is 22.3. The molecular weight excluding hydrogens is 134 g/mol. The molecule has 1 N–H and O–H groups in total. The average molecular weight is 148 g/mol. The largest absolute Gasteiger partial charge is 0.233 e. The van der Waals surface area contributed by atoms with Crippen LogP contribution in [0.4, 0.5) is 0 Å². The van der Waals surface area contributed by atoms with Crippen LogP contribution in [-0.4, -0.2) is 6.54 Å². The lowest BCUT2D eigenvalue weighted by Crippen LogP contribution is -2.17. The van der Waals surface area contributed by atoms with Crippen molar-refractivity contribution in [3.8, 4) is 0 Å². The van der Waals surface area contributed by atoms with Gasteiger partial charge in [-0.1, -0.05) is 19.3 Å².